The molecule has 5 aromatic rings. The highest BCUT2D eigenvalue weighted by molar-refractivity contribution is 7.36. The van der Waals surface area contributed by atoms with Crippen molar-refractivity contribution in [1.82, 2.24) is 0 Å². The number of aryl methyl sites for hydroxylation is 1. The Kier molecular flexibility index (Phi) is 8.98. The SMILES string of the molecule is CC#Cc1ccc(-c2ccc3c(c2)sc2c4ccc(CCCCCCCCCCCC)cc4sc32)cc1. The molecule has 2 aromatic heterocycles. The van der Waals surface area contributed by atoms with Gasteiger partial charge in [-0.3, -0.25) is 0 Å². The first-order chi connectivity index (χ1) is 18.3. The molecule has 0 radical (unpaired) electrons. The topological polar surface area (TPSA) is 0 Å². The molecule has 0 N–H and O–H groups in total. The minimum atomic E-state index is 1.07. The minimum absolute atomic E-state index is 1.07. The highest BCUT2D eigenvalue weighted by atomic mass is 32.1. The maximum Gasteiger partial charge on any atom is 0.0542 e. The lowest BCUT2D eigenvalue weighted by Crippen LogP contribution is -1.86. The van der Waals surface area contributed by atoms with Crippen LogP contribution in [0.25, 0.3) is 40.7 Å². The summed E-state index contributed by atoms with van der Waals surface area (Å²) in [7, 11) is 0. The van der Waals surface area contributed by atoms with Crippen LogP contribution in [0.4, 0.5) is 0 Å². The molecule has 0 aliphatic heterocycles. The normalized spacial score (nSPS) is 11.4. The van der Waals surface area contributed by atoms with Gasteiger partial charge >= 0.3 is 0 Å². The molecule has 0 fully saturated rings. The lowest BCUT2D eigenvalue weighted by molar-refractivity contribution is 0.556. The third-order valence-corrected chi connectivity index (χ3v) is 9.95. The first-order valence-corrected chi connectivity index (χ1v) is 15.8. The van der Waals surface area contributed by atoms with Crippen LogP contribution in [0.1, 0.15) is 89.2 Å². The van der Waals surface area contributed by atoms with E-state index in [2.05, 4.69) is 79.4 Å². The van der Waals surface area contributed by atoms with Crippen LogP contribution in [0.5, 0.6) is 0 Å². The first-order valence-electron chi connectivity index (χ1n) is 14.2. The van der Waals surface area contributed by atoms with Gasteiger partial charge in [0, 0.05) is 25.7 Å². The highest BCUT2D eigenvalue weighted by Gasteiger charge is 2.13. The van der Waals surface area contributed by atoms with Crippen molar-refractivity contribution in [2.75, 3.05) is 0 Å². The summed E-state index contributed by atoms with van der Waals surface area (Å²) in [5, 5.41) is 2.83. The zero-order chi connectivity index (χ0) is 25.5. The van der Waals surface area contributed by atoms with E-state index in [4.69, 9.17) is 0 Å². The molecule has 190 valence electrons. The van der Waals surface area contributed by atoms with Gasteiger partial charge in [0.25, 0.3) is 0 Å². The van der Waals surface area contributed by atoms with Crippen molar-refractivity contribution in [2.45, 2.75) is 84.5 Å². The van der Waals surface area contributed by atoms with E-state index in [0.29, 0.717) is 0 Å². The van der Waals surface area contributed by atoms with Crippen LogP contribution < -0.4 is 0 Å². The van der Waals surface area contributed by atoms with Crippen molar-refractivity contribution in [1.29, 1.82) is 0 Å². The van der Waals surface area contributed by atoms with Gasteiger partial charge in [0.1, 0.15) is 0 Å². The van der Waals surface area contributed by atoms with Crippen molar-refractivity contribution in [2.24, 2.45) is 0 Å². The molecule has 0 nitrogen and oxygen atoms in total. The lowest BCUT2D eigenvalue weighted by Gasteiger charge is -2.04. The average molecular weight is 523 g/mol. The van der Waals surface area contributed by atoms with Crippen LogP contribution in [0, 0.1) is 11.8 Å². The second-order valence-electron chi connectivity index (χ2n) is 10.3. The molecule has 0 aliphatic carbocycles. The molecule has 0 amide bonds. The largest absolute Gasteiger partial charge is 0.134 e. The summed E-state index contributed by atoms with van der Waals surface area (Å²) < 4.78 is 5.73. The number of thiophene rings is 2. The second kappa shape index (κ2) is 12.8. The zero-order valence-corrected chi connectivity index (χ0v) is 24.0. The van der Waals surface area contributed by atoms with Gasteiger partial charge in [0.05, 0.1) is 9.40 Å². The van der Waals surface area contributed by atoms with E-state index in [1.54, 1.807) is 0 Å². The van der Waals surface area contributed by atoms with E-state index >= 15 is 0 Å². The van der Waals surface area contributed by atoms with Crippen molar-refractivity contribution in [3.63, 3.8) is 0 Å². The molecule has 0 aliphatic rings. The Balaban J connectivity index is 1.22. The number of fused-ring (bicyclic) bond motifs is 5. The summed E-state index contributed by atoms with van der Waals surface area (Å²) in [5.41, 5.74) is 5.11. The highest BCUT2D eigenvalue weighted by Crippen LogP contribution is 2.45. The van der Waals surface area contributed by atoms with Gasteiger partial charge < -0.3 is 0 Å². The van der Waals surface area contributed by atoms with Crippen LogP contribution in [-0.4, -0.2) is 0 Å². The number of benzene rings is 3. The summed E-state index contributed by atoms with van der Waals surface area (Å²) in [6.07, 6.45) is 15.2. The predicted molar refractivity (Wildman–Crippen MR) is 168 cm³/mol. The van der Waals surface area contributed by atoms with Crippen LogP contribution in [0.15, 0.2) is 60.7 Å². The molecule has 0 saturated heterocycles. The molecule has 2 heteroatoms. The van der Waals surface area contributed by atoms with Crippen LogP contribution in [0.3, 0.4) is 0 Å². The Labute approximate surface area is 230 Å². The molecule has 0 saturated carbocycles. The van der Waals surface area contributed by atoms with Gasteiger partial charge in [-0.2, -0.15) is 0 Å². The van der Waals surface area contributed by atoms with Crippen LogP contribution in [-0.2, 0) is 6.42 Å². The fourth-order valence-corrected chi connectivity index (χ4v) is 8.10. The Hall–Kier alpha value is -2.60. The van der Waals surface area contributed by atoms with E-state index in [0.717, 1.165) is 5.56 Å². The Bertz CT molecular complexity index is 1520. The van der Waals surface area contributed by atoms with Gasteiger partial charge in [0.15, 0.2) is 0 Å². The molecule has 0 spiro atoms. The standard InChI is InChI=1S/C35H38S2/c1-3-5-6-7-8-9-10-11-12-13-15-27-18-22-30-32(24-27)36-35-31-23-21-29(25-33(31)37-34(30)35)28-19-16-26(14-4-2)17-20-28/h16-25H,3,5-13,15H2,1-2H3. The van der Waals surface area contributed by atoms with E-state index in [9.17, 15) is 0 Å². The monoisotopic (exact) mass is 522 g/mol. The predicted octanol–water partition coefficient (Wildman–Crippen LogP) is 11.8. The quantitative estimate of drug-likeness (QED) is 0.113. The van der Waals surface area contributed by atoms with Gasteiger partial charge in [-0.15, -0.1) is 28.6 Å². The molecular formula is C35H38S2. The summed E-state index contributed by atoms with van der Waals surface area (Å²) in [6, 6.07) is 22.8. The average Bonchev–Trinajstić information content (AvgIpc) is 3.45. The van der Waals surface area contributed by atoms with Crippen molar-refractivity contribution in [3.05, 3.63) is 71.8 Å². The number of rotatable bonds is 12. The maximum atomic E-state index is 3.13. The molecule has 0 bridgehead atoms. The second-order valence-corrected chi connectivity index (χ2v) is 12.4. The molecular weight excluding hydrogens is 485 g/mol. The van der Waals surface area contributed by atoms with Crippen LogP contribution >= 0.6 is 22.7 Å². The van der Waals surface area contributed by atoms with E-state index in [1.807, 2.05) is 29.6 Å². The lowest BCUT2D eigenvalue weighted by atomic mass is 10.0. The Morgan fingerprint density at radius 3 is 1.81 bits per heavy atom. The number of hydrogen-bond acceptors (Lipinski definition) is 2. The summed E-state index contributed by atoms with van der Waals surface area (Å²) in [6.45, 7) is 4.18. The summed E-state index contributed by atoms with van der Waals surface area (Å²) in [5.74, 6) is 6.11. The zero-order valence-electron chi connectivity index (χ0n) is 22.4. The first kappa shape index (κ1) is 26.0. The molecule has 3 aromatic carbocycles. The maximum absolute atomic E-state index is 3.13. The Morgan fingerprint density at radius 1 is 0.595 bits per heavy atom. The van der Waals surface area contributed by atoms with E-state index < -0.39 is 0 Å². The molecule has 0 atom stereocenters. The fraction of sp³-hybridized carbons (Fsp3) is 0.371. The third kappa shape index (κ3) is 6.28. The molecule has 5 rings (SSSR count). The van der Waals surface area contributed by atoms with Crippen molar-refractivity contribution < 1.29 is 0 Å². The van der Waals surface area contributed by atoms with Gasteiger partial charge in [-0.1, -0.05) is 107 Å². The third-order valence-electron chi connectivity index (χ3n) is 7.45. The number of unbranched alkanes of at least 4 members (excludes halogenated alkanes) is 9. The minimum Gasteiger partial charge on any atom is -0.134 e. The number of hydrogen-bond donors (Lipinski definition) is 0. The molecule has 37 heavy (non-hydrogen) atoms. The summed E-state index contributed by atoms with van der Waals surface area (Å²) >= 11 is 3.92. The van der Waals surface area contributed by atoms with E-state index in [1.165, 1.54) is 117 Å². The molecule has 0 unspecified atom stereocenters. The molecule has 2 heterocycles. The van der Waals surface area contributed by atoms with Crippen LogP contribution in [0.2, 0.25) is 0 Å². The fourth-order valence-electron chi connectivity index (χ4n) is 5.34. The van der Waals surface area contributed by atoms with Gasteiger partial charge in [-0.05, 0) is 60.7 Å². The van der Waals surface area contributed by atoms with Crippen molar-refractivity contribution in [3.8, 4) is 23.0 Å². The van der Waals surface area contributed by atoms with Gasteiger partial charge in [0.2, 0.25) is 0 Å². The Morgan fingerprint density at radius 2 is 1.16 bits per heavy atom. The smallest absolute Gasteiger partial charge is 0.0542 e. The van der Waals surface area contributed by atoms with Crippen molar-refractivity contribution >= 4 is 52.2 Å². The summed E-state index contributed by atoms with van der Waals surface area (Å²) in [4.78, 5) is 0. The van der Waals surface area contributed by atoms with Gasteiger partial charge in [-0.25, -0.2) is 0 Å². The van der Waals surface area contributed by atoms with E-state index in [-0.39, 0.29) is 0 Å².